The third-order valence-corrected chi connectivity index (χ3v) is 3.63. The van der Waals surface area contributed by atoms with Crippen LogP contribution in [0.4, 0.5) is 0 Å². The molecule has 1 saturated heterocycles. The maximum Gasteiger partial charge on any atom is 0.336 e. The van der Waals surface area contributed by atoms with Crippen LogP contribution in [0.2, 0.25) is 0 Å². The van der Waals surface area contributed by atoms with Crippen LogP contribution in [-0.2, 0) is 4.74 Å². The van der Waals surface area contributed by atoms with Gasteiger partial charge in [0.1, 0.15) is 29.6 Å². The molecule has 0 spiro atoms. The molecule has 3 rings (SSSR count). The van der Waals surface area contributed by atoms with E-state index in [0.29, 0.717) is 11.3 Å². The smallest absolute Gasteiger partial charge is 0.336 e. The molecule has 2 heterocycles. The molecule has 1 aromatic carbocycles. The molecule has 7 nitrogen and oxygen atoms in total. The zero-order valence-corrected chi connectivity index (χ0v) is 11.8. The van der Waals surface area contributed by atoms with Crippen molar-refractivity contribution in [2.45, 2.75) is 31.5 Å². The van der Waals surface area contributed by atoms with Crippen molar-refractivity contribution in [1.82, 2.24) is 0 Å². The summed E-state index contributed by atoms with van der Waals surface area (Å²) >= 11 is 0. The van der Waals surface area contributed by atoms with Crippen LogP contribution >= 0.6 is 0 Å². The summed E-state index contributed by atoms with van der Waals surface area (Å²) in [6.45, 7) is 1.65. The molecule has 1 aromatic heterocycles. The molecule has 0 unspecified atom stereocenters. The first-order valence-electron chi connectivity index (χ1n) is 6.82. The number of aryl methyl sites for hydroxylation is 1. The summed E-state index contributed by atoms with van der Waals surface area (Å²) in [4.78, 5) is 11.4. The van der Waals surface area contributed by atoms with Gasteiger partial charge >= 0.3 is 5.63 Å². The number of aliphatic hydroxyl groups excluding tert-OH is 3. The van der Waals surface area contributed by atoms with Gasteiger partial charge in [0.2, 0.25) is 6.29 Å². The van der Waals surface area contributed by atoms with Crippen molar-refractivity contribution in [3.8, 4) is 5.75 Å². The van der Waals surface area contributed by atoms with E-state index in [0.717, 1.165) is 10.9 Å². The number of benzene rings is 1. The highest BCUT2D eigenvalue weighted by atomic mass is 16.7. The second kappa shape index (κ2) is 5.69. The monoisotopic (exact) mass is 308 g/mol. The first-order valence-corrected chi connectivity index (χ1v) is 6.82. The number of hydrogen-bond donors (Lipinski definition) is 3. The maximum absolute atomic E-state index is 11.4. The Bertz CT molecular complexity index is 738. The molecule has 1 aliphatic heterocycles. The van der Waals surface area contributed by atoms with Crippen molar-refractivity contribution in [2.75, 3.05) is 6.61 Å². The van der Waals surface area contributed by atoms with Gasteiger partial charge in [-0.2, -0.15) is 0 Å². The highest BCUT2D eigenvalue weighted by molar-refractivity contribution is 5.81. The van der Waals surface area contributed by atoms with Crippen molar-refractivity contribution in [3.05, 3.63) is 40.2 Å². The van der Waals surface area contributed by atoms with Crippen LogP contribution in [-0.4, -0.2) is 46.5 Å². The van der Waals surface area contributed by atoms with E-state index in [4.69, 9.17) is 13.9 Å². The Balaban J connectivity index is 1.87. The number of fused-ring (bicyclic) bond motifs is 1. The summed E-state index contributed by atoms with van der Waals surface area (Å²) in [6.07, 6.45) is -5.01. The van der Waals surface area contributed by atoms with Crippen LogP contribution in [0.15, 0.2) is 33.5 Å². The predicted octanol–water partition coefficient (Wildman–Crippen LogP) is -0.0808. The van der Waals surface area contributed by atoms with E-state index in [1.165, 1.54) is 12.1 Å². The number of rotatable bonds is 2. The SMILES string of the molecule is Cc1cc(=O)oc2cc(O[C@H]3OC[C@H](O)[C@H](O)[C@H]3O)ccc12. The van der Waals surface area contributed by atoms with Crippen molar-refractivity contribution in [1.29, 1.82) is 0 Å². The Morgan fingerprint density at radius 1 is 1.18 bits per heavy atom. The Kier molecular flexibility index (Phi) is 3.88. The van der Waals surface area contributed by atoms with E-state index in [9.17, 15) is 20.1 Å². The van der Waals surface area contributed by atoms with Crippen LogP contribution in [0.5, 0.6) is 5.75 Å². The van der Waals surface area contributed by atoms with E-state index >= 15 is 0 Å². The first-order chi connectivity index (χ1) is 10.5. The summed E-state index contributed by atoms with van der Waals surface area (Å²) in [6, 6.07) is 6.28. The van der Waals surface area contributed by atoms with Gasteiger partial charge in [0, 0.05) is 17.5 Å². The molecule has 0 saturated carbocycles. The quantitative estimate of drug-likeness (QED) is 0.666. The molecule has 7 heteroatoms. The first kappa shape index (κ1) is 15.0. The number of aliphatic hydroxyl groups is 3. The van der Waals surface area contributed by atoms with Gasteiger partial charge in [0.05, 0.1) is 6.61 Å². The normalized spacial score (nSPS) is 28.7. The number of hydrogen-bond acceptors (Lipinski definition) is 7. The lowest BCUT2D eigenvalue weighted by atomic mass is 10.1. The average Bonchev–Trinajstić information content (AvgIpc) is 2.47. The Labute approximate surface area is 125 Å². The van der Waals surface area contributed by atoms with Crippen LogP contribution < -0.4 is 10.4 Å². The Morgan fingerprint density at radius 3 is 2.73 bits per heavy atom. The molecule has 22 heavy (non-hydrogen) atoms. The second-order valence-corrected chi connectivity index (χ2v) is 5.27. The highest BCUT2D eigenvalue weighted by Gasteiger charge is 2.39. The molecule has 0 aliphatic carbocycles. The largest absolute Gasteiger partial charge is 0.462 e. The van der Waals surface area contributed by atoms with E-state index in [2.05, 4.69) is 0 Å². The lowest BCUT2D eigenvalue weighted by Crippen LogP contribution is -2.54. The minimum atomic E-state index is -1.39. The lowest BCUT2D eigenvalue weighted by molar-refractivity contribution is -0.242. The van der Waals surface area contributed by atoms with Gasteiger partial charge < -0.3 is 29.2 Å². The fourth-order valence-electron chi connectivity index (χ4n) is 2.40. The van der Waals surface area contributed by atoms with Gasteiger partial charge in [0.25, 0.3) is 0 Å². The molecule has 0 bridgehead atoms. The van der Waals surface area contributed by atoms with Crippen molar-refractivity contribution >= 4 is 11.0 Å². The summed E-state index contributed by atoms with van der Waals surface area (Å²) in [5.41, 5.74) is 0.674. The number of ether oxygens (including phenoxy) is 2. The highest BCUT2D eigenvalue weighted by Crippen LogP contribution is 2.25. The van der Waals surface area contributed by atoms with E-state index in [1.54, 1.807) is 19.1 Å². The van der Waals surface area contributed by atoms with Crippen molar-refractivity contribution in [2.24, 2.45) is 0 Å². The molecule has 1 fully saturated rings. The second-order valence-electron chi connectivity index (χ2n) is 5.27. The van der Waals surface area contributed by atoms with Gasteiger partial charge in [-0.25, -0.2) is 4.79 Å². The van der Waals surface area contributed by atoms with Gasteiger partial charge in [0.15, 0.2) is 0 Å². The van der Waals surface area contributed by atoms with Crippen LogP contribution in [0.1, 0.15) is 5.56 Å². The third-order valence-electron chi connectivity index (χ3n) is 3.63. The average molecular weight is 308 g/mol. The Morgan fingerprint density at radius 2 is 1.95 bits per heavy atom. The molecule has 118 valence electrons. The van der Waals surface area contributed by atoms with Crippen molar-refractivity contribution in [3.63, 3.8) is 0 Å². The molecular weight excluding hydrogens is 292 g/mol. The molecule has 0 amide bonds. The van der Waals surface area contributed by atoms with E-state index < -0.39 is 30.2 Å². The molecule has 0 radical (unpaired) electrons. The van der Waals surface area contributed by atoms with Crippen LogP contribution in [0.25, 0.3) is 11.0 Å². The fraction of sp³-hybridized carbons (Fsp3) is 0.400. The van der Waals surface area contributed by atoms with Gasteiger partial charge in [-0.05, 0) is 24.6 Å². The van der Waals surface area contributed by atoms with E-state index in [-0.39, 0.29) is 6.61 Å². The molecule has 2 aromatic rings. The molecule has 4 atom stereocenters. The molecular formula is C15H16O7. The molecule has 3 N–H and O–H groups in total. The van der Waals surface area contributed by atoms with Crippen LogP contribution in [0.3, 0.4) is 0 Å². The fourth-order valence-corrected chi connectivity index (χ4v) is 2.40. The summed E-state index contributed by atoms with van der Waals surface area (Å²) in [5, 5.41) is 29.6. The van der Waals surface area contributed by atoms with Gasteiger partial charge in [-0.15, -0.1) is 0 Å². The summed E-state index contributed by atoms with van der Waals surface area (Å²) < 4.78 is 15.7. The maximum atomic E-state index is 11.4. The van der Waals surface area contributed by atoms with E-state index in [1.807, 2.05) is 0 Å². The summed E-state index contributed by atoms with van der Waals surface area (Å²) in [7, 11) is 0. The van der Waals surface area contributed by atoms with Gasteiger partial charge in [-0.1, -0.05) is 0 Å². The zero-order chi connectivity index (χ0) is 15.9. The minimum Gasteiger partial charge on any atom is -0.462 e. The Hall–Kier alpha value is -1.93. The van der Waals surface area contributed by atoms with Crippen molar-refractivity contribution < 1.29 is 29.2 Å². The summed E-state index contributed by atoms with van der Waals surface area (Å²) in [5.74, 6) is 0.314. The standard InChI is InChI=1S/C15H16O7/c1-7-4-12(17)22-11-5-8(2-3-9(7)11)21-15-14(19)13(18)10(16)6-20-15/h2-5,10,13-16,18-19H,6H2,1H3/t10-,13-,14+,15+/m0/s1. The third kappa shape index (κ3) is 2.71. The van der Waals surface area contributed by atoms with Gasteiger partial charge in [-0.3, -0.25) is 0 Å². The molecule has 1 aliphatic rings. The lowest BCUT2D eigenvalue weighted by Gasteiger charge is -2.34. The zero-order valence-electron chi connectivity index (χ0n) is 11.8. The van der Waals surface area contributed by atoms with Crippen LogP contribution in [0, 0.1) is 6.92 Å². The topological polar surface area (TPSA) is 109 Å². The minimum absolute atomic E-state index is 0.148. The predicted molar refractivity (Wildman–Crippen MR) is 75.6 cm³/mol.